The molecule has 1 unspecified atom stereocenters. The molecule has 0 aliphatic carbocycles. The topological polar surface area (TPSA) is 91.2 Å². The highest BCUT2D eigenvalue weighted by atomic mass is 16.3. The number of phenolic OH excluding ortho intramolecular Hbond substituents is 1. The van der Waals surface area contributed by atoms with Gasteiger partial charge >= 0.3 is 0 Å². The maximum atomic E-state index is 10.8. The van der Waals surface area contributed by atoms with Crippen molar-refractivity contribution in [1.82, 2.24) is 15.0 Å². The lowest BCUT2D eigenvalue weighted by atomic mass is 9.97. The largest absolute Gasteiger partial charge is 0.506 e. The Morgan fingerprint density at radius 2 is 1.81 bits per heavy atom. The molecule has 26 heavy (non-hydrogen) atoms. The number of aromatic hydroxyl groups is 2. The van der Waals surface area contributed by atoms with E-state index in [2.05, 4.69) is 20.3 Å². The Labute approximate surface area is 149 Å². The number of rotatable bonds is 4. The molecule has 0 saturated carbocycles. The number of aromatic nitrogens is 3. The van der Waals surface area contributed by atoms with Crippen molar-refractivity contribution < 1.29 is 10.2 Å². The fraction of sp³-hybridized carbons (Fsp3) is 0.0500. The van der Waals surface area contributed by atoms with Gasteiger partial charge in [0.05, 0.1) is 12.2 Å². The van der Waals surface area contributed by atoms with Crippen LogP contribution in [-0.4, -0.2) is 25.2 Å². The fourth-order valence-corrected chi connectivity index (χ4v) is 2.91. The Bertz CT molecular complexity index is 1040. The standard InChI is InChI=1S/C20H16N4O2/c25-15-10-13-6-7-16(20(26)19(13)23-12-15)18(14-4-3-8-21-11-14)24-17-5-1-2-9-22-17/h1-12,18,25-26H,(H,22,24). The van der Waals surface area contributed by atoms with Crippen molar-refractivity contribution in [2.45, 2.75) is 6.04 Å². The van der Waals surface area contributed by atoms with E-state index in [9.17, 15) is 10.2 Å². The third kappa shape index (κ3) is 3.00. The molecule has 6 heteroatoms. The van der Waals surface area contributed by atoms with Gasteiger partial charge in [0, 0.05) is 29.5 Å². The number of hydrogen-bond acceptors (Lipinski definition) is 6. The maximum Gasteiger partial charge on any atom is 0.147 e. The van der Waals surface area contributed by atoms with Crippen LogP contribution >= 0.6 is 0 Å². The molecule has 0 spiro atoms. The lowest BCUT2D eigenvalue weighted by Crippen LogP contribution is -2.14. The number of fused-ring (bicyclic) bond motifs is 1. The number of hydrogen-bond donors (Lipinski definition) is 3. The Hall–Kier alpha value is -3.67. The zero-order chi connectivity index (χ0) is 17.9. The molecule has 0 bridgehead atoms. The first-order valence-electron chi connectivity index (χ1n) is 8.10. The molecule has 0 fully saturated rings. The number of nitrogens with zero attached hydrogens (tertiary/aromatic N) is 3. The number of anilines is 1. The molecule has 4 aromatic rings. The fourth-order valence-electron chi connectivity index (χ4n) is 2.91. The predicted octanol–water partition coefficient (Wildman–Crippen LogP) is 3.64. The SMILES string of the molecule is Oc1cnc2c(O)c(C(Nc3ccccn3)c3cccnc3)ccc2c1. The molecular weight excluding hydrogens is 328 g/mol. The summed E-state index contributed by atoms with van der Waals surface area (Å²) in [6, 6.07) is 14.2. The van der Waals surface area contributed by atoms with E-state index in [1.807, 2.05) is 42.5 Å². The van der Waals surface area contributed by atoms with Crippen LogP contribution in [-0.2, 0) is 0 Å². The van der Waals surface area contributed by atoms with Crippen LogP contribution in [0.15, 0.2) is 73.3 Å². The van der Waals surface area contributed by atoms with Crippen LogP contribution < -0.4 is 5.32 Å². The highest BCUT2D eigenvalue weighted by Gasteiger charge is 2.20. The zero-order valence-electron chi connectivity index (χ0n) is 13.7. The van der Waals surface area contributed by atoms with Gasteiger partial charge in [-0.15, -0.1) is 0 Å². The van der Waals surface area contributed by atoms with Gasteiger partial charge in [-0.1, -0.05) is 24.3 Å². The Morgan fingerprint density at radius 3 is 2.58 bits per heavy atom. The van der Waals surface area contributed by atoms with E-state index >= 15 is 0 Å². The summed E-state index contributed by atoms with van der Waals surface area (Å²) >= 11 is 0. The zero-order valence-corrected chi connectivity index (χ0v) is 13.7. The van der Waals surface area contributed by atoms with E-state index in [4.69, 9.17) is 0 Å². The summed E-state index contributed by atoms with van der Waals surface area (Å²) in [5.41, 5.74) is 1.96. The van der Waals surface area contributed by atoms with Crippen molar-refractivity contribution in [3.63, 3.8) is 0 Å². The third-order valence-electron chi connectivity index (χ3n) is 4.13. The molecule has 0 radical (unpaired) electrons. The molecule has 6 nitrogen and oxygen atoms in total. The summed E-state index contributed by atoms with van der Waals surface area (Å²) in [7, 11) is 0. The van der Waals surface area contributed by atoms with Crippen LogP contribution in [0.1, 0.15) is 17.2 Å². The molecule has 0 amide bonds. The van der Waals surface area contributed by atoms with Crippen LogP contribution in [0.2, 0.25) is 0 Å². The van der Waals surface area contributed by atoms with Crippen molar-refractivity contribution >= 4 is 16.7 Å². The Morgan fingerprint density at radius 1 is 0.885 bits per heavy atom. The van der Waals surface area contributed by atoms with E-state index in [1.54, 1.807) is 24.7 Å². The average molecular weight is 344 g/mol. The van der Waals surface area contributed by atoms with E-state index in [-0.39, 0.29) is 17.5 Å². The van der Waals surface area contributed by atoms with Gasteiger partial charge in [0.25, 0.3) is 0 Å². The first-order valence-corrected chi connectivity index (χ1v) is 8.10. The van der Waals surface area contributed by atoms with Gasteiger partial charge in [0.1, 0.15) is 22.8 Å². The Balaban J connectivity index is 1.85. The summed E-state index contributed by atoms with van der Waals surface area (Å²) in [6.07, 6.45) is 6.46. The quantitative estimate of drug-likeness (QED) is 0.523. The highest BCUT2D eigenvalue weighted by molar-refractivity contribution is 5.87. The number of nitrogens with one attached hydrogen (secondary N) is 1. The molecule has 128 valence electrons. The first-order chi connectivity index (χ1) is 12.7. The molecule has 4 rings (SSSR count). The third-order valence-corrected chi connectivity index (χ3v) is 4.13. The van der Waals surface area contributed by atoms with Crippen LogP contribution in [0, 0.1) is 0 Å². The predicted molar refractivity (Wildman–Crippen MR) is 99.0 cm³/mol. The summed E-state index contributed by atoms with van der Waals surface area (Å²) in [6.45, 7) is 0. The Kier molecular flexibility index (Phi) is 4.07. The van der Waals surface area contributed by atoms with Crippen LogP contribution in [0.4, 0.5) is 5.82 Å². The summed E-state index contributed by atoms with van der Waals surface area (Å²) in [5.74, 6) is 0.791. The van der Waals surface area contributed by atoms with Gasteiger partial charge in [0.2, 0.25) is 0 Å². The minimum Gasteiger partial charge on any atom is -0.506 e. The van der Waals surface area contributed by atoms with Crippen LogP contribution in [0.25, 0.3) is 10.9 Å². The summed E-state index contributed by atoms with van der Waals surface area (Å²) in [4.78, 5) is 12.7. The second-order valence-electron chi connectivity index (χ2n) is 5.85. The van der Waals surface area contributed by atoms with Crippen molar-refractivity contribution in [3.8, 4) is 11.5 Å². The monoisotopic (exact) mass is 344 g/mol. The normalized spacial score (nSPS) is 12.0. The van der Waals surface area contributed by atoms with Gasteiger partial charge in [-0.3, -0.25) is 4.98 Å². The lowest BCUT2D eigenvalue weighted by Gasteiger charge is -2.21. The minimum absolute atomic E-state index is 0.0554. The van der Waals surface area contributed by atoms with Crippen molar-refractivity contribution in [1.29, 1.82) is 0 Å². The molecule has 0 aliphatic heterocycles. The highest BCUT2D eigenvalue weighted by Crippen LogP contribution is 2.36. The van der Waals surface area contributed by atoms with Crippen molar-refractivity contribution in [2.24, 2.45) is 0 Å². The van der Waals surface area contributed by atoms with Gasteiger partial charge in [-0.05, 0) is 29.8 Å². The second kappa shape index (κ2) is 6.68. The van der Waals surface area contributed by atoms with Gasteiger partial charge in [0.15, 0.2) is 0 Å². The molecule has 0 saturated heterocycles. The number of benzene rings is 1. The number of pyridine rings is 3. The van der Waals surface area contributed by atoms with E-state index in [0.29, 0.717) is 22.3 Å². The average Bonchev–Trinajstić information content (AvgIpc) is 2.68. The van der Waals surface area contributed by atoms with E-state index < -0.39 is 0 Å². The van der Waals surface area contributed by atoms with E-state index in [0.717, 1.165) is 5.56 Å². The number of phenols is 1. The van der Waals surface area contributed by atoms with Crippen molar-refractivity contribution in [3.05, 3.63) is 84.4 Å². The van der Waals surface area contributed by atoms with Gasteiger partial charge in [-0.25, -0.2) is 9.97 Å². The lowest BCUT2D eigenvalue weighted by molar-refractivity contribution is 0.468. The molecule has 3 aromatic heterocycles. The van der Waals surface area contributed by atoms with Crippen LogP contribution in [0.3, 0.4) is 0 Å². The molecular formula is C20H16N4O2. The molecule has 3 heterocycles. The molecule has 0 aliphatic rings. The molecule has 3 N–H and O–H groups in total. The van der Waals surface area contributed by atoms with Gasteiger partial charge < -0.3 is 15.5 Å². The minimum atomic E-state index is -0.362. The maximum absolute atomic E-state index is 10.8. The van der Waals surface area contributed by atoms with Gasteiger partial charge in [-0.2, -0.15) is 0 Å². The van der Waals surface area contributed by atoms with E-state index in [1.165, 1.54) is 6.20 Å². The molecule has 1 atom stereocenters. The van der Waals surface area contributed by atoms with Crippen LogP contribution in [0.5, 0.6) is 11.5 Å². The smallest absolute Gasteiger partial charge is 0.147 e. The molecule has 1 aromatic carbocycles. The summed E-state index contributed by atoms with van der Waals surface area (Å²) in [5, 5.41) is 24.4. The van der Waals surface area contributed by atoms with Crippen molar-refractivity contribution in [2.75, 3.05) is 5.32 Å². The summed E-state index contributed by atoms with van der Waals surface area (Å²) < 4.78 is 0. The first kappa shape index (κ1) is 15.8. The second-order valence-corrected chi connectivity index (χ2v) is 5.85.